The summed E-state index contributed by atoms with van der Waals surface area (Å²) < 4.78 is 0. The third-order valence-corrected chi connectivity index (χ3v) is 7.07. The van der Waals surface area contributed by atoms with E-state index in [2.05, 4.69) is 10.6 Å². The van der Waals surface area contributed by atoms with Crippen LogP contribution in [0.4, 0.5) is 4.79 Å². The van der Waals surface area contributed by atoms with Gasteiger partial charge in [0.25, 0.3) is 0 Å². The van der Waals surface area contributed by atoms with Crippen molar-refractivity contribution in [3.63, 3.8) is 0 Å². The smallest absolute Gasteiger partial charge is 0.321 e. The van der Waals surface area contributed by atoms with Gasteiger partial charge in [0.05, 0.1) is 5.75 Å². The fraction of sp³-hybridized carbons (Fsp3) is 0.600. The Balaban J connectivity index is 1.27. The van der Waals surface area contributed by atoms with Crippen LogP contribution in [0.25, 0.3) is 0 Å². The van der Waals surface area contributed by atoms with Gasteiger partial charge in [0.15, 0.2) is 0 Å². The summed E-state index contributed by atoms with van der Waals surface area (Å²) in [5.74, 6) is 2.36. The average Bonchev–Trinajstić information content (AvgIpc) is 2.52. The number of thioether (sulfide) groups is 1. The highest BCUT2D eigenvalue weighted by atomic mass is 32.2. The van der Waals surface area contributed by atoms with Crippen LogP contribution in [0.3, 0.4) is 0 Å². The second-order valence-corrected chi connectivity index (χ2v) is 9.35. The normalized spacial score (nSPS) is 32.4. The van der Waals surface area contributed by atoms with Crippen molar-refractivity contribution in [2.45, 2.75) is 55.9 Å². The zero-order chi connectivity index (χ0) is 17.4. The van der Waals surface area contributed by atoms with Crippen molar-refractivity contribution in [3.05, 3.63) is 29.8 Å². The molecule has 5 rings (SSSR count). The standard InChI is InChI=1S/C20H26N2O2S/c1-13-2-4-17(5-3-13)25-12-18(23)21-19(24)22-20-9-14-6-15(10-20)8-16(7-14)11-20/h2-5,14-16H,6-12H2,1H3,(H2,21,22,23,24). The molecular weight excluding hydrogens is 332 g/mol. The molecule has 134 valence electrons. The van der Waals surface area contributed by atoms with Gasteiger partial charge in [-0.05, 0) is 75.3 Å². The molecule has 5 heteroatoms. The molecule has 4 bridgehead atoms. The third-order valence-electron chi connectivity index (χ3n) is 6.06. The van der Waals surface area contributed by atoms with Crippen LogP contribution >= 0.6 is 11.8 Å². The SMILES string of the molecule is Cc1ccc(SCC(=O)NC(=O)NC23CC4CC(CC(C4)C2)C3)cc1. The van der Waals surface area contributed by atoms with Crippen molar-refractivity contribution in [2.75, 3.05) is 5.75 Å². The topological polar surface area (TPSA) is 58.2 Å². The summed E-state index contributed by atoms with van der Waals surface area (Å²) in [5, 5.41) is 5.71. The molecule has 4 aliphatic rings. The Labute approximate surface area is 153 Å². The molecule has 4 nitrogen and oxygen atoms in total. The van der Waals surface area contributed by atoms with Gasteiger partial charge in [0.1, 0.15) is 0 Å². The zero-order valence-electron chi connectivity index (χ0n) is 14.7. The lowest BCUT2D eigenvalue weighted by Crippen LogP contribution is -2.61. The first-order chi connectivity index (χ1) is 12.0. The lowest BCUT2D eigenvalue weighted by molar-refractivity contribution is -0.117. The number of carbonyl (C=O) groups is 2. The van der Waals surface area contributed by atoms with Crippen molar-refractivity contribution in [2.24, 2.45) is 17.8 Å². The second-order valence-electron chi connectivity index (χ2n) is 8.30. The van der Waals surface area contributed by atoms with E-state index in [1.54, 1.807) is 0 Å². The molecule has 1 aromatic carbocycles. The van der Waals surface area contributed by atoms with E-state index < -0.39 is 0 Å². The predicted molar refractivity (Wildman–Crippen MR) is 99.5 cm³/mol. The molecule has 4 saturated carbocycles. The van der Waals surface area contributed by atoms with Gasteiger partial charge in [-0.3, -0.25) is 10.1 Å². The highest BCUT2D eigenvalue weighted by molar-refractivity contribution is 8.00. The number of nitrogens with one attached hydrogen (secondary N) is 2. The van der Waals surface area contributed by atoms with Gasteiger partial charge in [-0.25, -0.2) is 4.79 Å². The van der Waals surface area contributed by atoms with E-state index in [1.807, 2.05) is 31.2 Å². The van der Waals surface area contributed by atoms with Crippen molar-refractivity contribution in [1.82, 2.24) is 10.6 Å². The Kier molecular flexibility index (Phi) is 4.52. The number of imide groups is 1. The third kappa shape index (κ3) is 3.86. The molecule has 25 heavy (non-hydrogen) atoms. The molecule has 4 aliphatic carbocycles. The van der Waals surface area contributed by atoms with Crippen molar-refractivity contribution >= 4 is 23.7 Å². The van der Waals surface area contributed by atoms with Crippen LogP contribution in [-0.4, -0.2) is 23.2 Å². The van der Waals surface area contributed by atoms with E-state index in [-0.39, 0.29) is 23.2 Å². The summed E-state index contributed by atoms with van der Waals surface area (Å²) in [5.41, 5.74) is 1.15. The summed E-state index contributed by atoms with van der Waals surface area (Å²) in [6.07, 6.45) is 7.31. The fourth-order valence-electron chi connectivity index (χ4n) is 5.48. The number of urea groups is 1. The summed E-state index contributed by atoms with van der Waals surface area (Å²) in [4.78, 5) is 25.5. The summed E-state index contributed by atoms with van der Waals surface area (Å²) >= 11 is 1.46. The van der Waals surface area contributed by atoms with Crippen molar-refractivity contribution in [1.29, 1.82) is 0 Å². The lowest BCUT2D eigenvalue weighted by Gasteiger charge is -2.56. The van der Waals surface area contributed by atoms with Crippen molar-refractivity contribution < 1.29 is 9.59 Å². The Hall–Kier alpha value is -1.49. The quantitative estimate of drug-likeness (QED) is 0.803. The zero-order valence-corrected chi connectivity index (χ0v) is 15.5. The maximum absolute atomic E-state index is 12.3. The number of hydrogen-bond acceptors (Lipinski definition) is 3. The largest absolute Gasteiger partial charge is 0.332 e. The van der Waals surface area contributed by atoms with E-state index in [4.69, 9.17) is 0 Å². The van der Waals surface area contributed by atoms with Gasteiger partial charge >= 0.3 is 6.03 Å². The first-order valence-electron chi connectivity index (χ1n) is 9.31. The molecule has 0 atom stereocenters. The van der Waals surface area contributed by atoms with Gasteiger partial charge in [0.2, 0.25) is 5.91 Å². The molecule has 3 amide bonds. The Morgan fingerprint density at radius 2 is 1.60 bits per heavy atom. The Bertz CT molecular complexity index is 635. The van der Waals surface area contributed by atoms with Crippen LogP contribution in [0.2, 0.25) is 0 Å². The maximum atomic E-state index is 12.3. The predicted octanol–water partition coefficient (Wildman–Crippen LogP) is 3.88. The van der Waals surface area contributed by atoms with Gasteiger partial charge in [-0.1, -0.05) is 17.7 Å². The molecule has 4 fully saturated rings. The van der Waals surface area contributed by atoms with Gasteiger partial charge in [-0.2, -0.15) is 0 Å². The monoisotopic (exact) mass is 358 g/mol. The molecular formula is C20H26N2O2S. The minimum Gasteiger partial charge on any atom is -0.332 e. The second kappa shape index (κ2) is 6.67. The van der Waals surface area contributed by atoms with E-state index in [0.717, 1.165) is 41.9 Å². The van der Waals surface area contributed by atoms with Gasteiger partial charge < -0.3 is 5.32 Å². The van der Waals surface area contributed by atoms with E-state index in [1.165, 1.54) is 36.6 Å². The minimum absolute atomic E-state index is 0.0524. The number of aryl methyl sites for hydroxylation is 1. The van der Waals surface area contributed by atoms with Gasteiger partial charge in [0, 0.05) is 10.4 Å². The summed E-state index contributed by atoms with van der Waals surface area (Å²) in [6.45, 7) is 2.04. The van der Waals surface area contributed by atoms with Crippen LogP contribution in [-0.2, 0) is 4.79 Å². The molecule has 1 aromatic rings. The first kappa shape index (κ1) is 17.0. The van der Waals surface area contributed by atoms with E-state index in [9.17, 15) is 9.59 Å². The molecule has 0 heterocycles. The average molecular weight is 359 g/mol. The van der Waals surface area contributed by atoms with Gasteiger partial charge in [-0.15, -0.1) is 11.8 Å². The van der Waals surface area contributed by atoms with Crippen LogP contribution < -0.4 is 10.6 Å². The number of hydrogen-bond donors (Lipinski definition) is 2. The number of benzene rings is 1. The first-order valence-corrected chi connectivity index (χ1v) is 10.3. The Morgan fingerprint density at radius 3 is 2.16 bits per heavy atom. The molecule has 0 spiro atoms. The molecule has 0 unspecified atom stereocenters. The van der Waals surface area contributed by atoms with E-state index in [0.29, 0.717) is 0 Å². The Morgan fingerprint density at radius 1 is 1.04 bits per heavy atom. The van der Waals surface area contributed by atoms with Crippen molar-refractivity contribution in [3.8, 4) is 0 Å². The molecule has 0 saturated heterocycles. The highest BCUT2D eigenvalue weighted by Crippen LogP contribution is 2.55. The number of amides is 3. The van der Waals surface area contributed by atoms with Crippen LogP contribution in [0, 0.1) is 24.7 Å². The molecule has 2 N–H and O–H groups in total. The summed E-state index contributed by atoms with van der Waals surface area (Å²) in [6, 6.07) is 7.75. The maximum Gasteiger partial charge on any atom is 0.321 e. The fourth-order valence-corrected chi connectivity index (χ4v) is 6.18. The number of rotatable bonds is 4. The molecule has 0 radical (unpaired) electrons. The molecule has 0 aliphatic heterocycles. The number of carbonyl (C=O) groups excluding carboxylic acids is 2. The lowest BCUT2D eigenvalue weighted by atomic mass is 9.53. The van der Waals surface area contributed by atoms with E-state index >= 15 is 0 Å². The minimum atomic E-state index is -0.309. The highest BCUT2D eigenvalue weighted by Gasteiger charge is 2.51. The van der Waals surface area contributed by atoms with Crippen LogP contribution in [0.15, 0.2) is 29.2 Å². The van der Waals surface area contributed by atoms with Crippen LogP contribution in [0.5, 0.6) is 0 Å². The van der Waals surface area contributed by atoms with Crippen LogP contribution in [0.1, 0.15) is 44.1 Å². The molecule has 0 aromatic heterocycles. The summed E-state index contributed by atoms with van der Waals surface area (Å²) in [7, 11) is 0.